The Morgan fingerprint density at radius 3 is 2.66 bits per heavy atom. The van der Waals surface area contributed by atoms with Crippen LogP contribution in [0.1, 0.15) is 26.2 Å². The Morgan fingerprint density at radius 1 is 1.28 bits per heavy atom. The van der Waals surface area contributed by atoms with Gasteiger partial charge in [-0.15, -0.1) is 0 Å². The monoisotopic (exact) mass is 418 g/mol. The molecule has 2 atom stereocenters. The summed E-state index contributed by atoms with van der Waals surface area (Å²) < 4.78 is 0. The van der Waals surface area contributed by atoms with E-state index in [1.165, 1.54) is 11.8 Å². The van der Waals surface area contributed by atoms with Gasteiger partial charge in [0.2, 0.25) is 17.7 Å². The van der Waals surface area contributed by atoms with Crippen molar-refractivity contribution in [2.24, 2.45) is 10.9 Å². The Bertz CT molecular complexity index is 783. The van der Waals surface area contributed by atoms with Gasteiger partial charge in [-0.3, -0.25) is 19.3 Å². The molecule has 3 rings (SSSR count). The molecule has 0 bridgehead atoms. The van der Waals surface area contributed by atoms with Gasteiger partial charge >= 0.3 is 6.03 Å². The van der Waals surface area contributed by atoms with Crippen molar-refractivity contribution in [3.05, 3.63) is 24.3 Å². The van der Waals surface area contributed by atoms with Gasteiger partial charge in [0.1, 0.15) is 6.04 Å². The van der Waals surface area contributed by atoms with Crippen LogP contribution in [0, 0.1) is 5.92 Å². The van der Waals surface area contributed by atoms with E-state index in [2.05, 4.69) is 10.3 Å². The molecule has 2 unspecified atom stereocenters. The molecule has 29 heavy (non-hydrogen) atoms. The first kappa shape index (κ1) is 21.3. The fourth-order valence-corrected chi connectivity index (χ4v) is 4.37. The van der Waals surface area contributed by atoms with Gasteiger partial charge in [0.05, 0.1) is 11.6 Å². The van der Waals surface area contributed by atoms with Crippen molar-refractivity contribution in [1.82, 2.24) is 15.1 Å². The van der Waals surface area contributed by atoms with Crippen molar-refractivity contribution in [2.75, 3.05) is 25.1 Å². The van der Waals surface area contributed by atoms with Crippen LogP contribution in [-0.2, 0) is 14.4 Å². The van der Waals surface area contributed by atoms with Crippen molar-refractivity contribution >= 4 is 41.2 Å². The van der Waals surface area contributed by atoms with Crippen LogP contribution < -0.4 is 5.32 Å². The van der Waals surface area contributed by atoms with Crippen LogP contribution in [0.4, 0.5) is 4.79 Å². The van der Waals surface area contributed by atoms with Gasteiger partial charge in [0, 0.05) is 26.1 Å². The van der Waals surface area contributed by atoms with E-state index in [0.717, 1.165) is 5.75 Å². The van der Waals surface area contributed by atoms with Crippen LogP contribution in [0.15, 0.2) is 29.3 Å². The Labute approximate surface area is 174 Å². The molecule has 1 saturated heterocycles. The summed E-state index contributed by atoms with van der Waals surface area (Å²) in [4.78, 5) is 56.7. The summed E-state index contributed by atoms with van der Waals surface area (Å²) in [5.41, 5.74) is 0.485. The van der Waals surface area contributed by atoms with E-state index in [1.807, 2.05) is 6.26 Å². The molecule has 1 fully saturated rings. The van der Waals surface area contributed by atoms with E-state index in [9.17, 15) is 19.2 Å². The highest BCUT2D eigenvalue weighted by molar-refractivity contribution is 7.98. The molecule has 9 heteroatoms. The van der Waals surface area contributed by atoms with E-state index < -0.39 is 18.0 Å². The summed E-state index contributed by atoms with van der Waals surface area (Å²) in [6, 6.07) is -1.34. The second-order valence-electron chi connectivity index (χ2n) is 7.34. The molecule has 1 N–H and O–H groups in total. The molecule has 0 aromatic carbocycles. The Balaban J connectivity index is 1.63. The number of nitrogens with zero attached hydrogens (tertiary/aromatic N) is 3. The lowest BCUT2D eigenvalue weighted by atomic mass is 9.93. The molecular weight excluding hydrogens is 392 g/mol. The largest absolute Gasteiger partial charge is 0.350 e. The second kappa shape index (κ2) is 9.39. The van der Waals surface area contributed by atoms with E-state index in [0.29, 0.717) is 38.1 Å². The highest BCUT2D eigenvalue weighted by Crippen LogP contribution is 2.26. The number of allylic oxidation sites excluding steroid dienone is 3. The number of imide groups is 1. The highest BCUT2D eigenvalue weighted by Gasteiger charge is 2.41. The predicted octanol–water partition coefficient (Wildman–Crippen LogP) is 1.38. The van der Waals surface area contributed by atoms with Gasteiger partial charge in [0.15, 0.2) is 0 Å². The van der Waals surface area contributed by atoms with E-state index in [-0.39, 0.29) is 23.8 Å². The highest BCUT2D eigenvalue weighted by atomic mass is 32.2. The molecule has 0 saturated carbocycles. The van der Waals surface area contributed by atoms with Gasteiger partial charge in [-0.1, -0.05) is 18.2 Å². The number of thioether (sulfide) groups is 1. The lowest BCUT2D eigenvalue weighted by Crippen LogP contribution is -2.56. The fraction of sp³-hybridized carbons (Fsp3) is 0.550. The molecule has 5 amide bonds. The van der Waals surface area contributed by atoms with E-state index in [4.69, 9.17) is 0 Å². The average molecular weight is 419 g/mol. The Kier molecular flexibility index (Phi) is 6.89. The average Bonchev–Trinajstić information content (AvgIpc) is 2.71. The fourth-order valence-electron chi connectivity index (χ4n) is 3.90. The van der Waals surface area contributed by atoms with Crippen molar-refractivity contribution < 1.29 is 19.2 Å². The standard InChI is InChI=1S/C20H26N4O4S/c1-13(25)21-17(9-12-29-2)19(27)23-10-7-14(8-11-23)24-18(26)15-5-3-4-6-16(15)22-20(24)28/h3-6,14-15,17H,7-12H2,1-2H3,(H,21,25). The quantitative estimate of drug-likeness (QED) is 0.703. The summed E-state index contributed by atoms with van der Waals surface area (Å²) in [5, 5.41) is 2.74. The number of amides is 5. The molecule has 0 radical (unpaired) electrons. The first-order valence-electron chi connectivity index (χ1n) is 9.77. The topological polar surface area (TPSA) is 99.2 Å². The number of nitrogens with one attached hydrogen (secondary N) is 1. The molecule has 0 spiro atoms. The van der Waals surface area contributed by atoms with Crippen LogP contribution in [0.2, 0.25) is 0 Å². The summed E-state index contributed by atoms with van der Waals surface area (Å²) in [5.74, 6) is -0.320. The number of likely N-dealkylation sites (tertiary alicyclic amines) is 1. The van der Waals surface area contributed by atoms with Crippen molar-refractivity contribution in [2.45, 2.75) is 38.3 Å². The predicted molar refractivity (Wildman–Crippen MR) is 112 cm³/mol. The lowest BCUT2D eigenvalue weighted by molar-refractivity contribution is -0.138. The lowest BCUT2D eigenvalue weighted by Gasteiger charge is -2.40. The number of carbonyl (C=O) groups excluding carboxylic acids is 4. The number of urea groups is 1. The van der Waals surface area contributed by atoms with Crippen molar-refractivity contribution in [1.29, 1.82) is 0 Å². The number of fused-ring (bicyclic) bond motifs is 1. The normalized spacial score (nSPS) is 23.0. The summed E-state index contributed by atoms with van der Waals surface area (Å²) in [7, 11) is 0. The molecule has 156 valence electrons. The third kappa shape index (κ3) is 4.77. The number of piperidine rings is 1. The smallest absolute Gasteiger partial charge is 0.345 e. The summed E-state index contributed by atoms with van der Waals surface area (Å²) in [6.45, 7) is 2.28. The SMILES string of the molecule is CSCCC(NC(C)=O)C(=O)N1CCC(N2C(=O)N=C3C=CC=CC3C2=O)CC1. The number of aliphatic imine (C=N–C) groups is 1. The van der Waals surface area contributed by atoms with Crippen LogP contribution >= 0.6 is 11.8 Å². The van der Waals surface area contributed by atoms with Gasteiger partial charge in [-0.2, -0.15) is 16.8 Å². The molecule has 0 aromatic heterocycles. The van der Waals surface area contributed by atoms with Crippen molar-refractivity contribution in [3.63, 3.8) is 0 Å². The minimum absolute atomic E-state index is 0.107. The van der Waals surface area contributed by atoms with Crippen LogP contribution in [0.5, 0.6) is 0 Å². The maximum absolute atomic E-state index is 12.9. The molecule has 1 aliphatic carbocycles. The second-order valence-corrected chi connectivity index (χ2v) is 8.33. The van der Waals surface area contributed by atoms with Crippen molar-refractivity contribution in [3.8, 4) is 0 Å². The molecule has 2 heterocycles. The number of hydrogen-bond donors (Lipinski definition) is 1. The third-order valence-corrected chi connectivity index (χ3v) is 6.01. The van der Waals surface area contributed by atoms with Gasteiger partial charge in [-0.05, 0) is 37.3 Å². The Morgan fingerprint density at radius 2 is 2.00 bits per heavy atom. The maximum Gasteiger partial charge on any atom is 0.350 e. The molecule has 8 nitrogen and oxygen atoms in total. The first-order chi connectivity index (χ1) is 13.9. The number of rotatable bonds is 6. The summed E-state index contributed by atoms with van der Waals surface area (Å²) >= 11 is 1.62. The van der Waals surface area contributed by atoms with Gasteiger partial charge in [0.25, 0.3) is 0 Å². The minimum atomic E-state index is -0.541. The molecule has 3 aliphatic rings. The first-order valence-corrected chi connectivity index (χ1v) is 11.2. The summed E-state index contributed by atoms with van der Waals surface area (Å²) in [6.07, 6.45) is 10.5. The van der Waals surface area contributed by atoms with Gasteiger partial charge in [-0.25, -0.2) is 4.79 Å². The zero-order valence-electron chi connectivity index (χ0n) is 16.7. The number of carbonyl (C=O) groups is 4. The zero-order chi connectivity index (χ0) is 21.0. The van der Waals surface area contributed by atoms with Crippen LogP contribution in [0.25, 0.3) is 0 Å². The minimum Gasteiger partial charge on any atom is -0.345 e. The van der Waals surface area contributed by atoms with E-state index in [1.54, 1.807) is 41.0 Å². The Hall–Kier alpha value is -2.42. The van der Waals surface area contributed by atoms with Crippen LogP contribution in [0.3, 0.4) is 0 Å². The number of hydrogen-bond acceptors (Lipinski definition) is 5. The van der Waals surface area contributed by atoms with Crippen LogP contribution in [-0.4, -0.2) is 76.4 Å². The van der Waals surface area contributed by atoms with Gasteiger partial charge < -0.3 is 10.2 Å². The maximum atomic E-state index is 12.9. The molecular formula is C20H26N4O4S. The third-order valence-electron chi connectivity index (χ3n) is 5.36. The molecule has 2 aliphatic heterocycles. The van der Waals surface area contributed by atoms with E-state index >= 15 is 0 Å². The zero-order valence-corrected chi connectivity index (χ0v) is 17.5. The molecule has 0 aromatic rings.